The SMILES string of the molecule is COc1ccc(C(=O)C(C)(C)C(=O)O)cc1C(C)C. The van der Waals surface area contributed by atoms with E-state index in [2.05, 4.69) is 0 Å². The summed E-state index contributed by atoms with van der Waals surface area (Å²) in [6, 6.07) is 5.04. The van der Waals surface area contributed by atoms with Crippen LogP contribution in [0.4, 0.5) is 0 Å². The van der Waals surface area contributed by atoms with Gasteiger partial charge in [0.1, 0.15) is 11.2 Å². The van der Waals surface area contributed by atoms with Crippen LogP contribution in [-0.4, -0.2) is 24.0 Å². The van der Waals surface area contributed by atoms with E-state index in [4.69, 9.17) is 9.84 Å². The molecule has 0 bridgehead atoms. The molecule has 19 heavy (non-hydrogen) atoms. The number of carbonyl (C=O) groups excluding carboxylic acids is 1. The molecule has 0 aliphatic heterocycles. The van der Waals surface area contributed by atoms with Gasteiger partial charge in [-0.3, -0.25) is 9.59 Å². The Morgan fingerprint density at radius 1 is 1.26 bits per heavy atom. The number of carboxylic acid groups (broad SMARTS) is 1. The van der Waals surface area contributed by atoms with Crippen LogP contribution in [0.3, 0.4) is 0 Å². The summed E-state index contributed by atoms with van der Waals surface area (Å²) in [5.41, 5.74) is -0.130. The largest absolute Gasteiger partial charge is 0.496 e. The molecule has 0 atom stereocenters. The van der Waals surface area contributed by atoms with Gasteiger partial charge in [-0.1, -0.05) is 13.8 Å². The lowest BCUT2D eigenvalue weighted by Crippen LogP contribution is -2.33. The fourth-order valence-electron chi connectivity index (χ4n) is 1.78. The highest BCUT2D eigenvalue weighted by Gasteiger charge is 2.36. The number of methoxy groups -OCH3 is 1. The highest BCUT2D eigenvalue weighted by atomic mass is 16.5. The third-order valence-electron chi connectivity index (χ3n) is 3.22. The van der Waals surface area contributed by atoms with E-state index in [9.17, 15) is 9.59 Å². The Labute approximate surface area is 113 Å². The van der Waals surface area contributed by atoms with Crippen molar-refractivity contribution in [3.63, 3.8) is 0 Å². The first kappa shape index (κ1) is 15.2. The number of carboxylic acids is 1. The van der Waals surface area contributed by atoms with Crippen molar-refractivity contribution in [2.45, 2.75) is 33.6 Å². The van der Waals surface area contributed by atoms with Crippen molar-refractivity contribution in [3.05, 3.63) is 29.3 Å². The van der Waals surface area contributed by atoms with Crippen molar-refractivity contribution in [2.75, 3.05) is 7.11 Å². The number of ketones is 1. The topological polar surface area (TPSA) is 63.6 Å². The summed E-state index contributed by atoms with van der Waals surface area (Å²) < 4.78 is 5.25. The molecule has 0 unspecified atom stereocenters. The lowest BCUT2D eigenvalue weighted by Gasteiger charge is -2.19. The van der Waals surface area contributed by atoms with Gasteiger partial charge in [0.2, 0.25) is 0 Å². The van der Waals surface area contributed by atoms with Crippen LogP contribution in [0.5, 0.6) is 5.75 Å². The van der Waals surface area contributed by atoms with Crippen molar-refractivity contribution in [2.24, 2.45) is 5.41 Å². The molecule has 104 valence electrons. The Balaban J connectivity index is 3.27. The first-order chi connectivity index (χ1) is 8.71. The summed E-state index contributed by atoms with van der Waals surface area (Å²) >= 11 is 0. The minimum Gasteiger partial charge on any atom is -0.496 e. The standard InChI is InChI=1S/C15H20O4/c1-9(2)11-8-10(6-7-12(11)19-5)13(16)15(3,4)14(17)18/h6-9H,1-5H3,(H,17,18). The van der Waals surface area contributed by atoms with E-state index < -0.39 is 17.2 Å². The lowest BCUT2D eigenvalue weighted by atomic mass is 9.83. The van der Waals surface area contributed by atoms with Crippen molar-refractivity contribution < 1.29 is 19.4 Å². The maximum absolute atomic E-state index is 12.3. The van der Waals surface area contributed by atoms with Crippen LogP contribution < -0.4 is 4.74 Å². The molecule has 0 spiro atoms. The summed E-state index contributed by atoms with van der Waals surface area (Å²) in [5, 5.41) is 9.11. The Morgan fingerprint density at radius 2 is 1.84 bits per heavy atom. The second kappa shape index (κ2) is 5.43. The van der Waals surface area contributed by atoms with Gasteiger partial charge in [0.25, 0.3) is 0 Å². The Bertz CT molecular complexity index is 501. The molecule has 0 aliphatic carbocycles. The lowest BCUT2D eigenvalue weighted by molar-refractivity contribution is -0.144. The van der Waals surface area contributed by atoms with Gasteiger partial charge in [-0.2, -0.15) is 0 Å². The second-order valence-electron chi connectivity index (χ2n) is 5.37. The van der Waals surface area contributed by atoms with E-state index in [1.54, 1.807) is 25.3 Å². The number of rotatable bonds is 5. The zero-order chi connectivity index (χ0) is 14.8. The van der Waals surface area contributed by atoms with E-state index in [0.29, 0.717) is 11.3 Å². The number of carbonyl (C=O) groups is 2. The average molecular weight is 264 g/mol. The molecule has 0 radical (unpaired) electrons. The molecular formula is C15H20O4. The fraction of sp³-hybridized carbons (Fsp3) is 0.467. The maximum atomic E-state index is 12.3. The predicted molar refractivity (Wildman–Crippen MR) is 72.8 cm³/mol. The van der Waals surface area contributed by atoms with Gasteiger partial charge in [-0.05, 0) is 43.5 Å². The van der Waals surface area contributed by atoms with E-state index >= 15 is 0 Å². The summed E-state index contributed by atoms with van der Waals surface area (Å²) in [6.07, 6.45) is 0. The van der Waals surface area contributed by atoms with Crippen LogP contribution >= 0.6 is 0 Å². The molecular weight excluding hydrogens is 244 g/mol. The number of benzene rings is 1. The fourth-order valence-corrected chi connectivity index (χ4v) is 1.78. The number of hydrogen-bond donors (Lipinski definition) is 1. The molecule has 0 aromatic heterocycles. The van der Waals surface area contributed by atoms with Gasteiger partial charge in [0, 0.05) is 5.56 Å². The van der Waals surface area contributed by atoms with E-state index in [1.807, 2.05) is 13.8 Å². The van der Waals surface area contributed by atoms with Gasteiger partial charge in [0.15, 0.2) is 5.78 Å². The monoisotopic (exact) mass is 264 g/mol. The van der Waals surface area contributed by atoms with Crippen molar-refractivity contribution in [1.29, 1.82) is 0 Å². The van der Waals surface area contributed by atoms with Crippen molar-refractivity contribution in [1.82, 2.24) is 0 Å². The molecule has 0 aliphatic rings. The van der Waals surface area contributed by atoms with E-state index in [-0.39, 0.29) is 5.92 Å². The summed E-state index contributed by atoms with van der Waals surface area (Å²) in [5.74, 6) is -0.626. The van der Waals surface area contributed by atoms with Crippen molar-refractivity contribution >= 4 is 11.8 Å². The third kappa shape index (κ3) is 2.95. The normalized spacial score (nSPS) is 11.5. The second-order valence-corrected chi connectivity index (χ2v) is 5.37. The van der Waals surface area contributed by atoms with Crippen LogP contribution in [0.15, 0.2) is 18.2 Å². The molecule has 0 saturated heterocycles. The van der Waals surface area contributed by atoms with Gasteiger partial charge >= 0.3 is 5.97 Å². The summed E-state index contributed by atoms with van der Waals surface area (Å²) in [4.78, 5) is 23.4. The highest BCUT2D eigenvalue weighted by Crippen LogP contribution is 2.30. The molecule has 0 fully saturated rings. The van der Waals surface area contributed by atoms with Crippen LogP contribution in [0.1, 0.15) is 49.5 Å². The minimum atomic E-state index is -1.43. The van der Waals surface area contributed by atoms with Crippen LogP contribution in [-0.2, 0) is 4.79 Å². The highest BCUT2D eigenvalue weighted by molar-refractivity contribution is 6.11. The van der Waals surface area contributed by atoms with Gasteiger partial charge in [-0.15, -0.1) is 0 Å². The van der Waals surface area contributed by atoms with Gasteiger partial charge < -0.3 is 9.84 Å². The van der Waals surface area contributed by atoms with E-state index in [1.165, 1.54) is 13.8 Å². The molecule has 0 amide bonds. The average Bonchev–Trinajstić information content (AvgIpc) is 2.36. The Morgan fingerprint density at radius 3 is 2.26 bits per heavy atom. The first-order valence-electron chi connectivity index (χ1n) is 6.18. The minimum absolute atomic E-state index is 0.190. The molecule has 1 aromatic rings. The number of ether oxygens (including phenoxy) is 1. The zero-order valence-electron chi connectivity index (χ0n) is 12.0. The van der Waals surface area contributed by atoms with Crippen LogP contribution in [0, 0.1) is 5.41 Å². The number of aliphatic carboxylic acids is 1. The Kier molecular flexibility index (Phi) is 4.35. The summed E-state index contributed by atoms with van der Waals surface area (Å²) in [7, 11) is 1.57. The first-order valence-corrected chi connectivity index (χ1v) is 6.18. The molecule has 4 nitrogen and oxygen atoms in total. The third-order valence-corrected chi connectivity index (χ3v) is 3.22. The predicted octanol–water partition coefficient (Wildman–Crippen LogP) is 3.11. The molecule has 1 rings (SSSR count). The number of Topliss-reactive ketones (excluding diaryl/α,β-unsaturated/α-hetero) is 1. The Hall–Kier alpha value is -1.84. The molecule has 0 heterocycles. The summed E-state index contributed by atoms with van der Waals surface area (Å²) in [6.45, 7) is 6.82. The quantitative estimate of drug-likeness (QED) is 0.655. The van der Waals surface area contributed by atoms with Crippen molar-refractivity contribution in [3.8, 4) is 5.75 Å². The smallest absolute Gasteiger partial charge is 0.316 e. The van der Waals surface area contributed by atoms with Crippen LogP contribution in [0.25, 0.3) is 0 Å². The maximum Gasteiger partial charge on any atom is 0.316 e. The van der Waals surface area contributed by atoms with Crippen LogP contribution in [0.2, 0.25) is 0 Å². The number of hydrogen-bond acceptors (Lipinski definition) is 3. The van der Waals surface area contributed by atoms with Gasteiger partial charge in [0.05, 0.1) is 7.11 Å². The molecule has 4 heteroatoms. The van der Waals surface area contributed by atoms with Gasteiger partial charge in [-0.25, -0.2) is 0 Å². The molecule has 1 N–H and O–H groups in total. The molecule has 1 aromatic carbocycles. The van der Waals surface area contributed by atoms with E-state index in [0.717, 1.165) is 5.56 Å². The molecule has 0 saturated carbocycles. The zero-order valence-corrected chi connectivity index (χ0v) is 12.0.